The highest BCUT2D eigenvalue weighted by Gasteiger charge is 2.28. The number of terminal acetylenes is 1. The Morgan fingerprint density at radius 3 is 2.68 bits per heavy atom. The van der Waals surface area contributed by atoms with Crippen molar-refractivity contribution in [3.05, 3.63) is 113 Å². The maximum absolute atomic E-state index is 13.8. The van der Waals surface area contributed by atoms with Gasteiger partial charge in [-0.15, -0.1) is 6.42 Å². The zero-order valence-corrected chi connectivity index (χ0v) is 23.1. The summed E-state index contributed by atoms with van der Waals surface area (Å²) in [6.07, 6.45) is 11.6. The van der Waals surface area contributed by atoms with Gasteiger partial charge in [0.2, 0.25) is 0 Å². The second-order valence-electron chi connectivity index (χ2n) is 9.80. The number of ether oxygens (including phenoxy) is 1. The number of sulfone groups is 1. The van der Waals surface area contributed by atoms with Crippen LogP contribution in [0.4, 0.5) is 0 Å². The van der Waals surface area contributed by atoms with Crippen LogP contribution < -0.4 is 10.1 Å². The van der Waals surface area contributed by atoms with Crippen molar-refractivity contribution in [3.63, 3.8) is 0 Å². The Hall–Kier alpha value is -4.68. The maximum Gasteiger partial charge on any atom is 0.252 e. The van der Waals surface area contributed by atoms with Crippen molar-refractivity contribution in [2.75, 3.05) is 6.54 Å². The first-order valence-electron chi connectivity index (χ1n) is 13.3. The van der Waals surface area contributed by atoms with Crippen LogP contribution in [0.3, 0.4) is 0 Å². The second kappa shape index (κ2) is 12.2. The smallest absolute Gasteiger partial charge is 0.252 e. The van der Waals surface area contributed by atoms with E-state index in [4.69, 9.17) is 11.2 Å². The lowest BCUT2D eigenvalue weighted by molar-refractivity contribution is 0.0954. The third-order valence-corrected chi connectivity index (χ3v) is 8.68. The van der Waals surface area contributed by atoms with Gasteiger partial charge in [0, 0.05) is 35.5 Å². The summed E-state index contributed by atoms with van der Waals surface area (Å²) >= 11 is 0. The Labute approximate surface area is 239 Å². The van der Waals surface area contributed by atoms with E-state index in [2.05, 4.69) is 16.2 Å². The molecule has 1 heterocycles. The van der Waals surface area contributed by atoms with Crippen LogP contribution in [0, 0.1) is 12.3 Å². The van der Waals surface area contributed by atoms with Crippen LogP contribution in [0.5, 0.6) is 5.75 Å². The highest BCUT2D eigenvalue weighted by atomic mass is 32.2. The van der Waals surface area contributed by atoms with Gasteiger partial charge in [-0.3, -0.25) is 9.59 Å². The Morgan fingerprint density at radius 2 is 1.93 bits per heavy atom. The molecule has 0 fully saturated rings. The van der Waals surface area contributed by atoms with Crippen LogP contribution >= 0.6 is 0 Å². The van der Waals surface area contributed by atoms with Gasteiger partial charge < -0.3 is 14.6 Å². The number of benzene rings is 3. The molecule has 8 nitrogen and oxygen atoms in total. The number of carbonyl (C=O) groups excluding carboxylic acids is 2. The molecule has 0 aliphatic heterocycles. The number of rotatable bonds is 10. The van der Waals surface area contributed by atoms with Crippen molar-refractivity contribution in [1.82, 2.24) is 14.9 Å². The molecule has 0 unspecified atom stereocenters. The monoisotopic (exact) mass is 567 g/mol. The van der Waals surface area contributed by atoms with Crippen LogP contribution in [-0.4, -0.2) is 36.2 Å². The summed E-state index contributed by atoms with van der Waals surface area (Å²) in [4.78, 5) is 29.4. The lowest BCUT2D eigenvalue weighted by atomic mass is 9.87. The van der Waals surface area contributed by atoms with Gasteiger partial charge in [0.1, 0.15) is 11.9 Å². The van der Waals surface area contributed by atoms with Gasteiger partial charge in [-0.1, -0.05) is 42.3 Å². The molecular formula is C32H29N3O5S. The number of nitrogens with zero attached hydrogens (tertiary/aromatic N) is 2. The number of aromatic nitrogens is 2. The number of imidazole rings is 1. The molecule has 0 saturated heterocycles. The van der Waals surface area contributed by atoms with Gasteiger partial charge in [-0.2, -0.15) is 0 Å². The highest BCUT2D eigenvalue weighted by molar-refractivity contribution is 7.90. The Kier molecular flexibility index (Phi) is 8.31. The number of amides is 1. The minimum atomic E-state index is -3.94. The predicted octanol–water partition coefficient (Wildman–Crippen LogP) is 4.56. The molecule has 0 radical (unpaired) electrons. The van der Waals surface area contributed by atoms with E-state index in [9.17, 15) is 18.0 Å². The van der Waals surface area contributed by atoms with Crippen molar-refractivity contribution in [2.45, 2.75) is 42.6 Å². The fourth-order valence-electron chi connectivity index (χ4n) is 5.00. The van der Waals surface area contributed by atoms with E-state index in [1.165, 1.54) is 24.3 Å². The van der Waals surface area contributed by atoms with Gasteiger partial charge in [0.25, 0.3) is 5.91 Å². The molecule has 0 saturated carbocycles. The van der Waals surface area contributed by atoms with Crippen molar-refractivity contribution in [3.8, 4) is 18.1 Å². The highest BCUT2D eigenvalue weighted by Crippen LogP contribution is 2.36. The minimum absolute atomic E-state index is 0.00503. The van der Waals surface area contributed by atoms with Gasteiger partial charge in [0.15, 0.2) is 15.6 Å². The van der Waals surface area contributed by atoms with E-state index in [0.717, 1.165) is 5.56 Å². The fraction of sp³-hybridized carbons (Fsp3) is 0.219. The average Bonchev–Trinajstić information content (AvgIpc) is 3.50. The number of nitrogens with one attached hydrogen (secondary N) is 1. The number of hydrogen-bond acceptors (Lipinski definition) is 6. The van der Waals surface area contributed by atoms with E-state index >= 15 is 0 Å². The molecule has 9 heteroatoms. The zero-order chi connectivity index (χ0) is 28.8. The summed E-state index contributed by atoms with van der Waals surface area (Å²) in [5.41, 5.74) is 2.79. The van der Waals surface area contributed by atoms with E-state index in [1.54, 1.807) is 24.7 Å². The molecule has 1 aliphatic rings. The van der Waals surface area contributed by atoms with Crippen LogP contribution in [0.25, 0.3) is 0 Å². The zero-order valence-electron chi connectivity index (χ0n) is 22.3. The molecule has 1 aliphatic carbocycles. The number of ketones is 1. The molecule has 0 bridgehead atoms. The Bertz CT molecular complexity index is 1710. The molecule has 1 atom stereocenters. The lowest BCUT2D eigenvalue weighted by Gasteiger charge is -2.26. The normalized spacial score (nSPS) is 13.6. The summed E-state index contributed by atoms with van der Waals surface area (Å²) in [6.45, 7) is 0.476. The Morgan fingerprint density at radius 1 is 1.10 bits per heavy atom. The third kappa shape index (κ3) is 6.39. The van der Waals surface area contributed by atoms with Crippen molar-refractivity contribution < 1.29 is 22.7 Å². The van der Waals surface area contributed by atoms with Gasteiger partial charge in [-0.05, 0) is 54.3 Å². The molecule has 1 aromatic heterocycles. The van der Waals surface area contributed by atoms with E-state index < -0.39 is 21.8 Å². The topological polar surface area (TPSA) is 107 Å². The average molecular weight is 568 g/mol. The van der Waals surface area contributed by atoms with Gasteiger partial charge in [0.05, 0.1) is 30.1 Å². The first-order chi connectivity index (χ1) is 19.9. The van der Waals surface area contributed by atoms with Gasteiger partial charge in [-0.25, -0.2) is 13.4 Å². The summed E-state index contributed by atoms with van der Waals surface area (Å²) in [5.74, 6) is 1.87. The first-order valence-corrected chi connectivity index (χ1v) is 14.9. The molecule has 1 N–H and O–H groups in total. The lowest BCUT2D eigenvalue weighted by Crippen LogP contribution is -2.23. The molecule has 0 spiro atoms. The molecule has 41 heavy (non-hydrogen) atoms. The number of hydrogen-bond donors (Lipinski definition) is 1. The quantitative estimate of drug-likeness (QED) is 0.282. The molecule has 4 aromatic rings. The molecule has 3 aromatic carbocycles. The van der Waals surface area contributed by atoms with Crippen LogP contribution in [0.15, 0.2) is 90.3 Å². The SMILES string of the molecule is C#CCNC(=O)c1cccc(S(=O)(=O)Cc2c(O[C@H](Cn3ccnc3)c3ccccc3)ccc3c2CCCC3=O)c1. The van der Waals surface area contributed by atoms with E-state index in [-0.39, 0.29) is 28.5 Å². The summed E-state index contributed by atoms with van der Waals surface area (Å²) < 4.78 is 36.1. The van der Waals surface area contributed by atoms with E-state index in [1.807, 2.05) is 41.1 Å². The van der Waals surface area contributed by atoms with Crippen molar-refractivity contribution in [2.24, 2.45) is 0 Å². The molecular weight excluding hydrogens is 538 g/mol. The van der Waals surface area contributed by atoms with Gasteiger partial charge >= 0.3 is 0 Å². The van der Waals surface area contributed by atoms with Crippen molar-refractivity contribution >= 4 is 21.5 Å². The fourth-order valence-corrected chi connectivity index (χ4v) is 6.46. The molecule has 1 amide bonds. The summed E-state index contributed by atoms with van der Waals surface area (Å²) in [7, 11) is -3.94. The van der Waals surface area contributed by atoms with Crippen LogP contribution in [0.2, 0.25) is 0 Å². The van der Waals surface area contributed by atoms with Crippen molar-refractivity contribution in [1.29, 1.82) is 0 Å². The molecule has 5 rings (SSSR count). The number of carbonyl (C=O) groups is 2. The number of fused-ring (bicyclic) bond motifs is 1. The standard InChI is InChI=1S/C32H29N3O5S/c1-2-16-34-32(37)24-10-6-11-25(19-24)41(38,39)21-28-26-12-7-13-29(36)27(26)14-15-30(28)40-31(20-35-18-17-33-22-35)23-8-4-3-5-9-23/h1,3-6,8-11,14-15,17-19,22,31H,7,12-13,16,20-21H2,(H,34,37)/t31-/m1/s1. The predicted molar refractivity (Wildman–Crippen MR) is 154 cm³/mol. The maximum atomic E-state index is 13.8. The summed E-state index contributed by atoms with van der Waals surface area (Å²) in [6, 6.07) is 19.0. The van der Waals surface area contributed by atoms with E-state index in [0.29, 0.717) is 48.2 Å². The Balaban J connectivity index is 1.54. The minimum Gasteiger partial charge on any atom is -0.484 e. The number of Topliss-reactive ketones (excluding diaryl/α,β-unsaturated/α-hetero) is 1. The largest absolute Gasteiger partial charge is 0.484 e. The summed E-state index contributed by atoms with van der Waals surface area (Å²) in [5, 5.41) is 2.55. The third-order valence-electron chi connectivity index (χ3n) is 7.04. The van der Waals surface area contributed by atoms with Crippen LogP contribution in [-0.2, 0) is 28.6 Å². The van der Waals surface area contributed by atoms with Crippen LogP contribution in [0.1, 0.15) is 56.4 Å². The molecule has 208 valence electrons. The second-order valence-corrected chi connectivity index (χ2v) is 11.8. The first kappa shape index (κ1) is 27.9.